The number of aromatic nitrogens is 1. The van der Waals surface area contributed by atoms with Crippen molar-refractivity contribution < 1.29 is 18.6 Å². The fourth-order valence-electron chi connectivity index (χ4n) is 1.48. The summed E-state index contributed by atoms with van der Waals surface area (Å²) >= 11 is 1.26. The predicted molar refractivity (Wildman–Crippen MR) is 58.5 cm³/mol. The Balaban J connectivity index is 2.37. The Morgan fingerprint density at radius 3 is 2.94 bits per heavy atom. The van der Waals surface area contributed by atoms with Gasteiger partial charge in [-0.25, -0.2) is 4.39 Å². The SMILES string of the molecule is Nc1c(F)cn([C@H]2CS[C@H](CO)O2)c(=O)c1F. The van der Waals surface area contributed by atoms with Gasteiger partial charge < -0.3 is 15.6 Å². The van der Waals surface area contributed by atoms with E-state index in [4.69, 9.17) is 15.6 Å². The van der Waals surface area contributed by atoms with Gasteiger partial charge in [-0.1, -0.05) is 0 Å². The summed E-state index contributed by atoms with van der Waals surface area (Å²) in [6.07, 6.45) is 0.0142. The van der Waals surface area contributed by atoms with Crippen LogP contribution in [-0.4, -0.2) is 27.5 Å². The number of thioether (sulfide) groups is 1. The van der Waals surface area contributed by atoms with Crippen LogP contribution >= 0.6 is 11.8 Å². The van der Waals surface area contributed by atoms with Crippen molar-refractivity contribution in [3.63, 3.8) is 0 Å². The summed E-state index contributed by atoms with van der Waals surface area (Å²) in [6.45, 7) is -0.226. The second-order valence-corrected chi connectivity index (χ2v) is 4.65. The van der Waals surface area contributed by atoms with E-state index in [2.05, 4.69) is 0 Å². The molecule has 2 atom stereocenters. The van der Waals surface area contributed by atoms with Crippen molar-refractivity contribution in [1.82, 2.24) is 4.57 Å². The highest BCUT2D eigenvalue weighted by Crippen LogP contribution is 2.31. The predicted octanol–water partition coefficient (Wildman–Crippen LogP) is 0.289. The van der Waals surface area contributed by atoms with Crippen molar-refractivity contribution in [3.8, 4) is 0 Å². The van der Waals surface area contributed by atoms with E-state index >= 15 is 0 Å². The van der Waals surface area contributed by atoms with Gasteiger partial charge >= 0.3 is 0 Å². The first kappa shape index (κ1) is 12.3. The summed E-state index contributed by atoms with van der Waals surface area (Å²) < 4.78 is 32.5. The lowest BCUT2D eigenvalue weighted by Crippen LogP contribution is -2.30. The molecular weight excluding hydrogens is 254 g/mol. The van der Waals surface area contributed by atoms with Gasteiger partial charge in [-0.3, -0.25) is 9.36 Å². The van der Waals surface area contributed by atoms with Gasteiger partial charge in [0.2, 0.25) is 5.82 Å². The smallest absolute Gasteiger partial charge is 0.291 e. The first-order valence-electron chi connectivity index (χ1n) is 4.78. The van der Waals surface area contributed by atoms with Gasteiger partial charge in [0.1, 0.15) is 17.4 Å². The zero-order valence-electron chi connectivity index (χ0n) is 8.60. The number of nitrogens with zero attached hydrogens (tertiary/aromatic N) is 1. The molecular formula is C9H10F2N2O3S. The van der Waals surface area contributed by atoms with Crippen molar-refractivity contribution in [3.05, 3.63) is 28.2 Å². The topological polar surface area (TPSA) is 77.5 Å². The third-order valence-electron chi connectivity index (χ3n) is 2.36. The molecule has 0 saturated carbocycles. The number of pyridine rings is 1. The molecule has 0 aliphatic carbocycles. The van der Waals surface area contributed by atoms with Crippen molar-refractivity contribution in [2.75, 3.05) is 18.1 Å². The number of ether oxygens (including phenoxy) is 1. The summed E-state index contributed by atoms with van der Waals surface area (Å²) in [7, 11) is 0. The fraction of sp³-hybridized carbons (Fsp3) is 0.444. The minimum absolute atomic E-state index is 0.226. The molecule has 0 radical (unpaired) electrons. The monoisotopic (exact) mass is 264 g/mol. The molecule has 3 N–H and O–H groups in total. The molecule has 0 amide bonds. The molecule has 2 heterocycles. The Labute approximate surface area is 99.2 Å². The highest BCUT2D eigenvalue weighted by molar-refractivity contribution is 8.00. The van der Waals surface area contributed by atoms with E-state index in [0.717, 1.165) is 10.8 Å². The summed E-state index contributed by atoms with van der Waals surface area (Å²) in [4.78, 5) is 11.5. The number of hydrogen-bond acceptors (Lipinski definition) is 5. The molecule has 2 rings (SSSR count). The van der Waals surface area contributed by atoms with E-state index in [1.807, 2.05) is 0 Å². The number of aliphatic hydroxyl groups excluding tert-OH is 1. The number of aliphatic hydroxyl groups is 1. The van der Waals surface area contributed by atoms with Gasteiger partial charge in [0.25, 0.3) is 5.56 Å². The van der Waals surface area contributed by atoms with Crippen LogP contribution in [0.2, 0.25) is 0 Å². The number of nitrogens with two attached hydrogens (primary N) is 1. The molecule has 1 saturated heterocycles. The van der Waals surface area contributed by atoms with Gasteiger partial charge in [-0.15, -0.1) is 11.8 Å². The third-order valence-corrected chi connectivity index (χ3v) is 3.47. The number of halogens is 2. The Morgan fingerprint density at radius 2 is 2.35 bits per heavy atom. The zero-order valence-corrected chi connectivity index (χ0v) is 9.42. The third kappa shape index (κ3) is 2.15. The van der Waals surface area contributed by atoms with E-state index in [1.54, 1.807) is 0 Å². The molecule has 94 valence electrons. The standard InChI is InChI=1S/C9H10F2N2O3S/c10-4-1-13(9(15)7(11)8(4)12)5-3-17-6(2-14)16-5/h1,5-6,14H,2-3,12H2/t5-,6-/m1/s1. The van der Waals surface area contributed by atoms with Crippen LogP contribution in [0.5, 0.6) is 0 Å². The van der Waals surface area contributed by atoms with Crippen LogP contribution < -0.4 is 11.3 Å². The average molecular weight is 264 g/mol. The zero-order chi connectivity index (χ0) is 12.6. The highest BCUT2D eigenvalue weighted by atomic mass is 32.2. The van der Waals surface area contributed by atoms with E-state index in [1.165, 1.54) is 11.8 Å². The van der Waals surface area contributed by atoms with E-state index in [9.17, 15) is 13.6 Å². The molecule has 1 aliphatic rings. The van der Waals surface area contributed by atoms with E-state index in [-0.39, 0.29) is 6.61 Å². The lowest BCUT2D eigenvalue weighted by molar-refractivity contribution is -0.00663. The number of anilines is 1. The van der Waals surface area contributed by atoms with Crippen molar-refractivity contribution in [2.45, 2.75) is 11.7 Å². The van der Waals surface area contributed by atoms with Gasteiger partial charge in [0, 0.05) is 11.9 Å². The largest absolute Gasteiger partial charge is 0.394 e. The van der Waals surface area contributed by atoms with Gasteiger partial charge in [0.15, 0.2) is 5.82 Å². The summed E-state index contributed by atoms with van der Waals surface area (Å²) in [5.41, 5.74) is 2.73. The quantitative estimate of drug-likeness (QED) is 0.802. The molecule has 17 heavy (non-hydrogen) atoms. The first-order valence-corrected chi connectivity index (χ1v) is 5.83. The summed E-state index contributed by atoms with van der Waals surface area (Å²) in [5.74, 6) is -2.01. The molecule has 0 spiro atoms. The average Bonchev–Trinajstić information content (AvgIpc) is 2.79. The maximum atomic E-state index is 13.3. The Morgan fingerprint density at radius 1 is 1.65 bits per heavy atom. The minimum atomic E-state index is -1.33. The summed E-state index contributed by atoms with van der Waals surface area (Å²) in [6, 6.07) is 0. The molecule has 0 unspecified atom stereocenters. The lowest BCUT2D eigenvalue weighted by atomic mass is 10.3. The molecule has 1 aromatic heterocycles. The maximum Gasteiger partial charge on any atom is 0.291 e. The maximum absolute atomic E-state index is 13.3. The van der Waals surface area contributed by atoms with E-state index < -0.39 is 34.5 Å². The Kier molecular flexibility index (Phi) is 3.36. The molecule has 1 aliphatic heterocycles. The Hall–Kier alpha value is -1.12. The van der Waals surface area contributed by atoms with Gasteiger partial charge in [-0.2, -0.15) is 4.39 Å². The van der Waals surface area contributed by atoms with Crippen molar-refractivity contribution in [1.29, 1.82) is 0 Å². The van der Waals surface area contributed by atoms with Crippen LogP contribution in [0.4, 0.5) is 14.5 Å². The van der Waals surface area contributed by atoms with Crippen LogP contribution in [0.15, 0.2) is 11.0 Å². The summed E-state index contributed by atoms with van der Waals surface area (Å²) in [5, 5.41) is 8.85. The molecule has 1 fully saturated rings. The van der Waals surface area contributed by atoms with Crippen molar-refractivity contribution in [2.24, 2.45) is 0 Å². The van der Waals surface area contributed by atoms with Crippen LogP contribution in [0.1, 0.15) is 6.23 Å². The van der Waals surface area contributed by atoms with Gasteiger partial charge in [0.05, 0.1) is 6.61 Å². The molecule has 0 bridgehead atoms. The molecule has 0 aromatic carbocycles. The second kappa shape index (κ2) is 4.63. The number of hydrogen-bond donors (Lipinski definition) is 2. The lowest BCUT2D eigenvalue weighted by Gasteiger charge is -2.14. The normalized spacial score (nSPS) is 24.2. The fourth-order valence-corrected chi connectivity index (χ4v) is 2.41. The number of nitrogen functional groups attached to an aromatic ring is 1. The van der Waals surface area contributed by atoms with Crippen LogP contribution in [0.25, 0.3) is 0 Å². The van der Waals surface area contributed by atoms with Crippen LogP contribution in [0, 0.1) is 11.6 Å². The number of rotatable bonds is 2. The van der Waals surface area contributed by atoms with Crippen LogP contribution in [-0.2, 0) is 4.74 Å². The molecule has 5 nitrogen and oxygen atoms in total. The first-order chi connectivity index (χ1) is 8.04. The molecule has 1 aromatic rings. The minimum Gasteiger partial charge on any atom is -0.394 e. The van der Waals surface area contributed by atoms with E-state index in [0.29, 0.717) is 5.75 Å². The second-order valence-electron chi connectivity index (χ2n) is 3.45. The Bertz CT molecular complexity index is 494. The van der Waals surface area contributed by atoms with Gasteiger partial charge in [-0.05, 0) is 0 Å². The molecule has 8 heteroatoms. The highest BCUT2D eigenvalue weighted by Gasteiger charge is 2.29. The van der Waals surface area contributed by atoms with Crippen molar-refractivity contribution >= 4 is 17.4 Å². The van der Waals surface area contributed by atoms with Crippen LogP contribution in [0.3, 0.4) is 0 Å².